The van der Waals surface area contributed by atoms with Gasteiger partial charge in [0.1, 0.15) is 13.2 Å². The number of unbranched alkanes of at least 4 members (excludes halogenated alkanes) is 4. The number of hydrogen-bond acceptors (Lipinski definition) is 2. The summed E-state index contributed by atoms with van der Waals surface area (Å²) in [4.78, 5) is 0. The Morgan fingerprint density at radius 3 is 2.58 bits per heavy atom. The SMILES string of the molecule is CCCCCCCC(Cl)c1ccc2c(c1)OCCO2. The molecule has 0 saturated heterocycles. The van der Waals surface area contributed by atoms with Gasteiger partial charge in [-0.05, 0) is 24.1 Å². The summed E-state index contributed by atoms with van der Waals surface area (Å²) in [7, 11) is 0. The van der Waals surface area contributed by atoms with Crippen LogP contribution >= 0.6 is 11.6 Å². The van der Waals surface area contributed by atoms with E-state index in [1.54, 1.807) is 0 Å². The third-order valence-electron chi connectivity index (χ3n) is 3.49. The van der Waals surface area contributed by atoms with Crippen LogP contribution in [-0.4, -0.2) is 13.2 Å². The minimum atomic E-state index is 0.0810. The molecule has 0 fully saturated rings. The molecule has 0 N–H and O–H groups in total. The van der Waals surface area contributed by atoms with E-state index in [1.165, 1.54) is 32.1 Å². The zero-order valence-electron chi connectivity index (χ0n) is 11.7. The van der Waals surface area contributed by atoms with Gasteiger partial charge < -0.3 is 9.47 Å². The molecule has 0 aromatic heterocycles. The van der Waals surface area contributed by atoms with Crippen LogP contribution in [0.3, 0.4) is 0 Å². The normalized spacial score (nSPS) is 15.3. The smallest absolute Gasteiger partial charge is 0.161 e. The molecule has 1 atom stereocenters. The van der Waals surface area contributed by atoms with Crippen LogP contribution in [-0.2, 0) is 0 Å². The summed E-state index contributed by atoms with van der Waals surface area (Å²) in [6.45, 7) is 3.49. The number of ether oxygens (including phenoxy) is 2. The van der Waals surface area contributed by atoms with E-state index in [2.05, 4.69) is 13.0 Å². The molecular weight excluding hydrogens is 260 g/mol. The van der Waals surface area contributed by atoms with Crippen molar-refractivity contribution in [3.63, 3.8) is 0 Å². The molecule has 19 heavy (non-hydrogen) atoms. The van der Waals surface area contributed by atoms with Gasteiger partial charge in [-0.25, -0.2) is 0 Å². The second-order valence-corrected chi connectivity index (χ2v) is 5.60. The quantitative estimate of drug-likeness (QED) is 0.512. The fourth-order valence-electron chi connectivity index (χ4n) is 2.35. The Kier molecular flexibility index (Phi) is 5.84. The zero-order valence-corrected chi connectivity index (χ0v) is 12.4. The Labute approximate surface area is 121 Å². The topological polar surface area (TPSA) is 18.5 Å². The minimum Gasteiger partial charge on any atom is -0.486 e. The number of fused-ring (bicyclic) bond motifs is 1. The fraction of sp³-hybridized carbons (Fsp3) is 0.625. The van der Waals surface area contributed by atoms with Crippen molar-refractivity contribution < 1.29 is 9.47 Å². The summed E-state index contributed by atoms with van der Waals surface area (Å²) in [6, 6.07) is 6.05. The lowest BCUT2D eigenvalue weighted by Gasteiger charge is -2.20. The summed E-state index contributed by atoms with van der Waals surface area (Å²) < 4.78 is 11.1. The highest BCUT2D eigenvalue weighted by Crippen LogP contribution is 2.35. The summed E-state index contributed by atoms with van der Waals surface area (Å²) in [5.74, 6) is 1.67. The van der Waals surface area contributed by atoms with Gasteiger partial charge in [0, 0.05) is 0 Å². The van der Waals surface area contributed by atoms with Gasteiger partial charge >= 0.3 is 0 Å². The monoisotopic (exact) mass is 282 g/mol. The van der Waals surface area contributed by atoms with E-state index in [4.69, 9.17) is 21.1 Å². The molecule has 1 aromatic rings. The molecular formula is C16H23ClO2. The minimum absolute atomic E-state index is 0.0810. The number of alkyl halides is 1. The van der Waals surface area contributed by atoms with Crippen LogP contribution in [0.4, 0.5) is 0 Å². The summed E-state index contributed by atoms with van der Waals surface area (Å²) >= 11 is 6.47. The maximum Gasteiger partial charge on any atom is 0.161 e. The van der Waals surface area contributed by atoms with E-state index in [0.29, 0.717) is 13.2 Å². The summed E-state index contributed by atoms with van der Waals surface area (Å²) in [5, 5.41) is 0.0810. The van der Waals surface area contributed by atoms with Crippen LogP contribution < -0.4 is 9.47 Å². The second kappa shape index (κ2) is 7.64. The van der Waals surface area contributed by atoms with Crippen molar-refractivity contribution in [1.29, 1.82) is 0 Å². The first kappa shape index (κ1) is 14.5. The molecule has 0 spiro atoms. The van der Waals surface area contributed by atoms with Crippen molar-refractivity contribution in [2.75, 3.05) is 13.2 Å². The van der Waals surface area contributed by atoms with Crippen LogP contribution in [0.25, 0.3) is 0 Å². The number of rotatable bonds is 7. The molecule has 1 aliphatic rings. The van der Waals surface area contributed by atoms with Crippen molar-refractivity contribution in [2.24, 2.45) is 0 Å². The van der Waals surface area contributed by atoms with Crippen LogP contribution in [0.5, 0.6) is 11.5 Å². The fourth-order valence-corrected chi connectivity index (χ4v) is 2.64. The maximum absolute atomic E-state index is 6.47. The molecule has 3 heteroatoms. The van der Waals surface area contributed by atoms with Gasteiger partial charge in [0.2, 0.25) is 0 Å². The number of benzene rings is 1. The summed E-state index contributed by atoms with van der Waals surface area (Å²) in [5.41, 5.74) is 1.14. The molecule has 1 aromatic carbocycles. The third-order valence-corrected chi connectivity index (χ3v) is 3.96. The zero-order chi connectivity index (χ0) is 13.5. The molecule has 0 aliphatic carbocycles. The Bertz CT molecular complexity index is 392. The third kappa shape index (κ3) is 4.31. The highest BCUT2D eigenvalue weighted by Gasteiger charge is 2.15. The highest BCUT2D eigenvalue weighted by atomic mass is 35.5. The van der Waals surface area contributed by atoms with Gasteiger partial charge in [-0.2, -0.15) is 0 Å². The largest absolute Gasteiger partial charge is 0.486 e. The van der Waals surface area contributed by atoms with E-state index in [1.807, 2.05) is 12.1 Å². The molecule has 1 aliphatic heterocycles. The first-order valence-electron chi connectivity index (χ1n) is 7.35. The Balaban J connectivity index is 1.83. The van der Waals surface area contributed by atoms with Crippen molar-refractivity contribution in [3.8, 4) is 11.5 Å². The van der Waals surface area contributed by atoms with E-state index in [9.17, 15) is 0 Å². The lowest BCUT2D eigenvalue weighted by molar-refractivity contribution is 0.171. The van der Waals surface area contributed by atoms with Gasteiger partial charge in [-0.15, -0.1) is 11.6 Å². The molecule has 0 radical (unpaired) electrons. The first-order valence-corrected chi connectivity index (χ1v) is 7.78. The lowest BCUT2D eigenvalue weighted by Crippen LogP contribution is -2.15. The van der Waals surface area contributed by atoms with Gasteiger partial charge in [0.05, 0.1) is 5.38 Å². The van der Waals surface area contributed by atoms with Crippen molar-refractivity contribution in [1.82, 2.24) is 0 Å². The van der Waals surface area contributed by atoms with Gasteiger partial charge in [-0.3, -0.25) is 0 Å². The number of halogens is 1. The summed E-state index contributed by atoms with van der Waals surface area (Å²) in [6.07, 6.45) is 7.44. The molecule has 0 bridgehead atoms. The van der Waals surface area contributed by atoms with Gasteiger partial charge in [0.25, 0.3) is 0 Å². The number of hydrogen-bond donors (Lipinski definition) is 0. The van der Waals surface area contributed by atoms with E-state index < -0.39 is 0 Å². The van der Waals surface area contributed by atoms with Crippen molar-refractivity contribution in [3.05, 3.63) is 23.8 Å². The van der Waals surface area contributed by atoms with Crippen LogP contribution in [0.1, 0.15) is 56.4 Å². The predicted molar refractivity (Wildman–Crippen MR) is 79.4 cm³/mol. The van der Waals surface area contributed by atoms with E-state index in [-0.39, 0.29) is 5.38 Å². The average molecular weight is 283 g/mol. The molecule has 2 rings (SSSR count). The van der Waals surface area contributed by atoms with Crippen molar-refractivity contribution >= 4 is 11.6 Å². The van der Waals surface area contributed by atoms with Gasteiger partial charge in [-0.1, -0.05) is 45.1 Å². The molecule has 0 saturated carbocycles. The molecule has 1 unspecified atom stereocenters. The standard InChI is InChI=1S/C16H23ClO2/c1-2-3-4-5-6-7-14(17)13-8-9-15-16(12-13)19-11-10-18-15/h8-9,12,14H,2-7,10-11H2,1H3. The second-order valence-electron chi connectivity index (χ2n) is 5.07. The first-order chi connectivity index (χ1) is 9.31. The molecule has 106 valence electrons. The highest BCUT2D eigenvalue weighted by molar-refractivity contribution is 6.20. The lowest BCUT2D eigenvalue weighted by atomic mass is 10.0. The molecule has 0 amide bonds. The predicted octanol–water partition coefficient (Wildman–Crippen LogP) is 5.10. The Hall–Kier alpha value is -0.890. The van der Waals surface area contributed by atoms with Crippen molar-refractivity contribution in [2.45, 2.75) is 50.8 Å². The average Bonchev–Trinajstić information content (AvgIpc) is 2.46. The van der Waals surface area contributed by atoms with Crippen LogP contribution in [0, 0.1) is 0 Å². The van der Waals surface area contributed by atoms with Crippen LogP contribution in [0.2, 0.25) is 0 Å². The Morgan fingerprint density at radius 1 is 1.05 bits per heavy atom. The molecule has 2 nitrogen and oxygen atoms in total. The molecule has 1 heterocycles. The van der Waals surface area contributed by atoms with E-state index >= 15 is 0 Å². The van der Waals surface area contributed by atoms with Crippen LogP contribution in [0.15, 0.2) is 18.2 Å². The van der Waals surface area contributed by atoms with Gasteiger partial charge in [0.15, 0.2) is 11.5 Å². The maximum atomic E-state index is 6.47. The van der Waals surface area contributed by atoms with E-state index in [0.717, 1.165) is 23.5 Å². The Morgan fingerprint density at radius 2 is 1.79 bits per heavy atom.